The molecule has 1 aromatic heterocycles. The largest absolute Gasteiger partial charge is 0.506 e. The van der Waals surface area contributed by atoms with Gasteiger partial charge in [0.2, 0.25) is 5.91 Å². The Hall–Kier alpha value is -2.14. The summed E-state index contributed by atoms with van der Waals surface area (Å²) < 4.78 is 13.5. The highest BCUT2D eigenvalue weighted by Gasteiger charge is 2.07. The molecule has 104 valence electrons. The summed E-state index contributed by atoms with van der Waals surface area (Å²) in [5.41, 5.74) is 0.941. The van der Waals surface area contributed by atoms with Gasteiger partial charge in [-0.3, -0.25) is 9.78 Å². The van der Waals surface area contributed by atoms with Crippen molar-refractivity contribution in [1.29, 1.82) is 0 Å². The van der Waals surface area contributed by atoms with Gasteiger partial charge in [-0.2, -0.15) is 0 Å². The Kier molecular flexibility index (Phi) is 4.53. The number of carbonyl (C=O) groups excluding carboxylic acids is 1. The van der Waals surface area contributed by atoms with Gasteiger partial charge in [0.15, 0.2) is 0 Å². The lowest BCUT2D eigenvalue weighted by atomic mass is 10.2. The molecule has 2 N–H and O–H groups in total. The molecule has 0 saturated heterocycles. The van der Waals surface area contributed by atoms with E-state index in [-0.39, 0.29) is 24.6 Å². The van der Waals surface area contributed by atoms with E-state index in [4.69, 9.17) is 11.6 Å². The number of rotatable bonds is 4. The summed E-state index contributed by atoms with van der Waals surface area (Å²) >= 11 is 5.64. The Morgan fingerprint density at radius 1 is 1.35 bits per heavy atom. The van der Waals surface area contributed by atoms with Crippen LogP contribution in [-0.2, 0) is 17.8 Å². The number of amides is 1. The van der Waals surface area contributed by atoms with Crippen LogP contribution >= 0.6 is 11.6 Å². The van der Waals surface area contributed by atoms with Gasteiger partial charge in [-0.25, -0.2) is 4.39 Å². The summed E-state index contributed by atoms with van der Waals surface area (Å²) in [6.45, 7) is 0.0775. The fourth-order valence-electron chi connectivity index (χ4n) is 1.68. The molecule has 0 spiro atoms. The van der Waals surface area contributed by atoms with Crippen LogP contribution in [0, 0.1) is 5.82 Å². The topological polar surface area (TPSA) is 62.2 Å². The summed E-state index contributed by atoms with van der Waals surface area (Å²) in [5.74, 6) is -0.748. The Morgan fingerprint density at radius 3 is 2.85 bits per heavy atom. The quantitative estimate of drug-likeness (QED) is 0.910. The molecule has 4 nitrogen and oxygen atoms in total. The highest BCUT2D eigenvalue weighted by Crippen LogP contribution is 2.14. The molecule has 0 aliphatic rings. The number of aromatic hydroxyl groups is 1. The zero-order valence-electron chi connectivity index (χ0n) is 10.4. The summed E-state index contributed by atoms with van der Waals surface area (Å²) in [5, 5.41) is 12.1. The van der Waals surface area contributed by atoms with Gasteiger partial charge in [0.05, 0.1) is 12.6 Å². The number of carbonyl (C=O) groups is 1. The summed E-state index contributed by atoms with van der Waals surface area (Å²) in [6, 6.07) is 5.73. The van der Waals surface area contributed by atoms with E-state index in [1.54, 1.807) is 6.07 Å². The van der Waals surface area contributed by atoms with Crippen molar-refractivity contribution in [3.8, 4) is 5.75 Å². The lowest BCUT2D eigenvalue weighted by molar-refractivity contribution is -0.120. The Bertz CT molecular complexity index is 634. The van der Waals surface area contributed by atoms with Gasteiger partial charge in [-0.05, 0) is 23.8 Å². The molecule has 2 aromatic rings. The van der Waals surface area contributed by atoms with Gasteiger partial charge >= 0.3 is 0 Å². The number of halogens is 2. The number of benzene rings is 1. The number of pyridine rings is 1. The molecule has 1 aromatic carbocycles. The minimum Gasteiger partial charge on any atom is -0.506 e. The molecule has 0 saturated carbocycles. The second-order valence-corrected chi connectivity index (χ2v) is 4.68. The Balaban J connectivity index is 1.92. The van der Waals surface area contributed by atoms with Crippen molar-refractivity contribution in [3.05, 3.63) is 58.6 Å². The van der Waals surface area contributed by atoms with Gasteiger partial charge in [-0.1, -0.05) is 17.7 Å². The first kappa shape index (κ1) is 14.3. The molecule has 0 radical (unpaired) electrons. The van der Waals surface area contributed by atoms with E-state index in [1.165, 1.54) is 30.6 Å². The molecule has 2 rings (SSSR count). The molecule has 0 unspecified atom stereocenters. The maximum Gasteiger partial charge on any atom is 0.224 e. The lowest BCUT2D eigenvalue weighted by Gasteiger charge is -2.07. The highest BCUT2D eigenvalue weighted by molar-refractivity contribution is 6.30. The monoisotopic (exact) mass is 294 g/mol. The lowest BCUT2D eigenvalue weighted by Crippen LogP contribution is -2.25. The minimum absolute atomic E-state index is 0.000884. The van der Waals surface area contributed by atoms with E-state index in [1.807, 2.05) is 0 Å². The third-order valence-electron chi connectivity index (χ3n) is 2.64. The van der Waals surface area contributed by atoms with E-state index in [2.05, 4.69) is 10.3 Å². The molecular weight excluding hydrogens is 283 g/mol. The molecule has 0 fully saturated rings. The second-order valence-electron chi connectivity index (χ2n) is 4.24. The third kappa shape index (κ3) is 3.93. The predicted octanol–water partition coefficient (Wildman–Crippen LogP) is 2.44. The first-order chi connectivity index (χ1) is 9.54. The average Bonchev–Trinajstić information content (AvgIpc) is 2.37. The van der Waals surface area contributed by atoms with Crippen LogP contribution in [0.1, 0.15) is 11.1 Å². The molecule has 1 amide bonds. The first-order valence-electron chi connectivity index (χ1n) is 5.88. The molecule has 0 atom stereocenters. The maximum atomic E-state index is 13.5. The summed E-state index contributed by atoms with van der Waals surface area (Å²) in [4.78, 5) is 15.5. The first-order valence-corrected chi connectivity index (χ1v) is 6.26. The molecule has 0 aliphatic heterocycles. The number of nitrogens with one attached hydrogen (secondary N) is 1. The zero-order valence-corrected chi connectivity index (χ0v) is 11.2. The van der Waals surface area contributed by atoms with Crippen LogP contribution in [-0.4, -0.2) is 16.0 Å². The fourth-order valence-corrected chi connectivity index (χ4v) is 1.84. The van der Waals surface area contributed by atoms with Gasteiger partial charge in [0.25, 0.3) is 0 Å². The van der Waals surface area contributed by atoms with Gasteiger partial charge in [0.1, 0.15) is 11.6 Å². The van der Waals surface area contributed by atoms with Crippen molar-refractivity contribution in [2.24, 2.45) is 0 Å². The van der Waals surface area contributed by atoms with E-state index in [0.717, 1.165) is 0 Å². The van der Waals surface area contributed by atoms with Crippen LogP contribution in [0.3, 0.4) is 0 Å². The van der Waals surface area contributed by atoms with Crippen LogP contribution in [0.5, 0.6) is 5.75 Å². The normalized spacial score (nSPS) is 10.3. The van der Waals surface area contributed by atoms with E-state index < -0.39 is 5.82 Å². The summed E-state index contributed by atoms with van der Waals surface area (Å²) in [7, 11) is 0. The molecule has 0 bridgehead atoms. The summed E-state index contributed by atoms with van der Waals surface area (Å²) in [6.07, 6.45) is 2.84. The van der Waals surface area contributed by atoms with Crippen molar-refractivity contribution < 1.29 is 14.3 Å². The number of nitrogens with zero attached hydrogens (tertiary/aromatic N) is 1. The predicted molar refractivity (Wildman–Crippen MR) is 72.9 cm³/mol. The number of hydrogen-bond donors (Lipinski definition) is 2. The Morgan fingerprint density at radius 2 is 2.15 bits per heavy atom. The molecule has 1 heterocycles. The van der Waals surface area contributed by atoms with E-state index in [0.29, 0.717) is 16.1 Å². The van der Waals surface area contributed by atoms with Gasteiger partial charge in [-0.15, -0.1) is 0 Å². The van der Waals surface area contributed by atoms with Gasteiger partial charge in [0, 0.05) is 23.3 Å². The molecule has 6 heteroatoms. The van der Waals surface area contributed by atoms with Crippen molar-refractivity contribution in [2.75, 3.05) is 0 Å². The maximum absolute atomic E-state index is 13.5. The minimum atomic E-state index is -0.461. The van der Waals surface area contributed by atoms with Crippen LogP contribution in [0.2, 0.25) is 5.02 Å². The van der Waals surface area contributed by atoms with Crippen LogP contribution in [0.15, 0.2) is 36.7 Å². The molecule has 20 heavy (non-hydrogen) atoms. The SMILES string of the molecule is O=C(Cc1cncc(O)c1)NCc1ccc(Cl)cc1F. The van der Waals surface area contributed by atoms with Crippen molar-refractivity contribution in [1.82, 2.24) is 10.3 Å². The highest BCUT2D eigenvalue weighted by atomic mass is 35.5. The molecular formula is C14H12ClFN2O2. The van der Waals surface area contributed by atoms with Crippen molar-refractivity contribution >= 4 is 17.5 Å². The van der Waals surface area contributed by atoms with E-state index in [9.17, 15) is 14.3 Å². The molecule has 0 aliphatic carbocycles. The van der Waals surface area contributed by atoms with Crippen molar-refractivity contribution in [3.63, 3.8) is 0 Å². The number of aromatic nitrogens is 1. The zero-order chi connectivity index (χ0) is 14.5. The van der Waals surface area contributed by atoms with Crippen LogP contribution in [0.4, 0.5) is 4.39 Å². The fraction of sp³-hybridized carbons (Fsp3) is 0.143. The van der Waals surface area contributed by atoms with Crippen molar-refractivity contribution in [2.45, 2.75) is 13.0 Å². The van der Waals surface area contributed by atoms with Crippen LogP contribution < -0.4 is 5.32 Å². The Labute approximate surface area is 120 Å². The van der Waals surface area contributed by atoms with Gasteiger partial charge < -0.3 is 10.4 Å². The third-order valence-corrected chi connectivity index (χ3v) is 2.87. The number of hydrogen-bond acceptors (Lipinski definition) is 3. The average molecular weight is 295 g/mol. The van der Waals surface area contributed by atoms with E-state index >= 15 is 0 Å². The second kappa shape index (κ2) is 6.34. The smallest absolute Gasteiger partial charge is 0.224 e. The standard InChI is InChI=1S/C14H12ClFN2O2/c15-11-2-1-10(13(16)5-11)7-18-14(20)4-9-3-12(19)8-17-6-9/h1-3,5-6,8,19H,4,7H2,(H,18,20). The van der Waals surface area contributed by atoms with Crippen LogP contribution in [0.25, 0.3) is 0 Å².